The van der Waals surface area contributed by atoms with Gasteiger partial charge in [-0.3, -0.25) is 4.79 Å². The molecule has 0 saturated carbocycles. The summed E-state index contributed by atoms with van der Waals surface area (Å²) < 4.78 is 35.4. The van der Waals surface area contributed by atoms with E-state index >= 15 is 0 Å². The molecule has 1 saturated heterocycles. The van der Waals surface area contributed by atoms with Gasteiger partial charge in [0, 0.05) is 19.7 Å². The Balaban J connectivity index is 2.51. The SMILES string of the molecule is CCOCCS(=O)(=O)N1CCOC(CC(=O)O)C1. The van der Waals surface area contributed by atoms with Crippen LogP contribution in [0.2, 0.25) is 0 Å². The maximum atomic E-state index is 11.9. The molecule has 18 heavy (non-hydrogen) atoms. The van der Waals surface area contributed by atoms with Crippen molar-refractivity contribution < 1.29 is 27.8 Å². The van der Waals surface area contributed by atoms with E-state index in [0.29, 0.717) is 6.61 Å². The fourth-order valence-corrected chi connectivity index (χ4v) is 3.03. The van der Waals surface area contributed by atoms with Gasteiger partial charge >= 0.3 is 5.97 Å². The normalized spacial score (nSPS) is 21.9. The minimum atomic E-state index is -3.39. The second kappa shape index (κ2) is 7.03. The second-order valence-corrected chi connectivity index (χ2v) is 6.05. The third kappa shape index (κ3) is 4.89. The molecule has 0 bridgehead atoms. The molecular weight excluding hydrogens is 262 g/mol. The first-order chi connectivity index (χ1) is 8.45. The summed E-state index contributed by atoms with van der Waals surface area (Å²) in [6, 6.07) is 0. The fraction of sp³-hybridized carbons (Fsp3) is 0.900. The third-order valence-electron chi connectivity index (χ3n) is 2.59. The van der Waals surface area contributed by atoms with E-state index in [0.717, 1.165) is 0 Å². The van der Waals surface area contributed by atoms with Crippen molar-refractivity contribution in [3.05, 3.63) is 0 Å². The molecule has 1 unspecified atom stereocenters. The van der Waals surface area contributed by atoms with E-state index in [-0.39, 0.29) is 38.5 Å². The molecule has 1 heterocycles. The molecule has 7 nitrogen and oxygen atoms in total. The van der Waals surface area contributed by atoms with E-state index in [2.05, 4.69) is 0 Å². The van der Waals surface area contributed by atoms with Crippen molar-refractivity contribution in [2.24, 2.45) is 0 Å². The van der Waals surface area contributed by atoms with Crippen LogP contribution in [0.4, 0.5) is 0 Å². The maximum Gasteiger partial charge on any atom is 0.306 e. The Morgan fingerprint density at radius 1 is 1.56 bits per heavy atom. The van der Waals surface area contributed by atoms with Crippen molar-refractivity contribution in [1.82, 2.24) is 4.31 Å². The monoisotopic (exact) mass is 281 g/mol. The molecule has 8 heteroatoms. The van der Waals surface area contributed by atoms with Crippen LogP contribution >= 0.6 is 0 Å². The third-order valence-corrected chi connectivity index (χ3v) is 4.39. The van der Waals surface area contributed by atoms with Crippen LogP contribution < -0.4 is 0 Å². The lowest BCUT2D eigenvalue weighted by atomic mass is 10.2. The standard InChI is InChI=1S/C10H19NO6S/c1-2-16-5-6-18(14,15)11-3-4-17-9(8-11)7-10(12)13/h9H,2-8H2,1H3,(H,12,13). The van der Waals surface area contributed by atoms with Crippen LogP contribution in [0.5, 0.6) is 0 Å². The largest absolute Gasteiger partial charge is 0.481 e. The van der Waals surface area contributed by atoms with E-state index in [9.17, 15) is 13.2 Å². The molecule has 0 radical (unpaired) electrons. The molecule has 0 aromatic rings. The topological polar surface area (TPSA) is 93.1 Å². The highest BCUT2D eigenvalue weighted by atomic mass is 32.2. The van der Waals surface area contributed by atoms with E-state index in [1.165, 1.54) is 4.31 Å². The zero-order chi connectivity index (χ0) is 13.6. The smallest absolute Gasteiger partial charge is 0.306 e. The Labute approximate surface area is 107 Å². The van der Waals surface area contributed by atoms with E-state index in [1.807, 2.05) is 0 Å². The Bertz CT molecular complexity index is 369. The quantitative estimate of drug-likeness (QED) is 0.634. The minimum absolute atomic E-state index is 0.0827. The summed E-state index contributed by atoms with van der Waals surface area (Å²) >= 11 is 0. The minimum Gasteiger partial charge on any atom is -0.481 e. The highest BCUT2D eigenvalue weighted by molar-refractivity contribution is 7.89. The van der Waals surface area contributed by atoms with Gasteiger partial charge < -0.3 is 14.6 Å². The van der Waals surface area contributed by atoms with E-state index in [1.54, 1.807) is 6.92 Å². The van der Waals surface area contributed by atoms with Crippen molar-refractivity contribution in [3.8, 4) is 0 Å². The molecule has 1 rings (SSSR count). The van der Waals surface area contributed by atoms with Crippen molar-refractivity contribution in [2.45, 2.75) is 19.4 Å². The van der Waals surface area contributed by atoms with Gasteiger partial charge in [0.25, 0.3) is 0 Å². The van der Waals surface area contributed by atoms with Crippen molar-refractivity contribution in [2.75, 3.05) is 38.7 Å². The number of carbonyl (C=O) groups is 1. The van der Waals surface area contributed by atoms with E-state index < -0.39 is 22.1 Å². The molecule has 1 N–H and O–H groups in total. The lowest BCUT2D eigenvalue weighted by Crippen LogP contribution is -2.47. The van der Waals surface area contributed by atoms with Crippen LogP contribution in [-0.2, 0) is 24.3 Å². The number of morpholine rings is 1. The molecule has 0 spiro atoms. The van der Waals surface area contributed by atoms with Crippen LogP contribution in [0, 0.1) is 0 Å². The predicted octanol–water partition coefficient (Wildman–Crippen LogP) is -0.472. The first-order valence-electron chi connectivity index (χ1n) is 5.84. The zero-order valence-electron chi connectivity index (χ0n) is 10.4. The number of hydrogen-bond donors (Lipinski definition) is 1. The van der Waals surface area contributed by atoms with E-state index in [4.69, 9.17) is 14.6 Å². The molecule has 106 valence electrons. The van der Waals surface area contributed by atoms with Crippen molar-refractivity contribution in [1.29, 1.82) is 0 Å². The average Bonchev–Trinajstić information content (AvgIpc) is 2.28. The molecule has 0 aromatic carbocycles. The highest BCUT2D eigenvalue weighted by Crippen LogP contribution is 2.13. The molecule has 0 aromatic heterocycles. The van der Waals surface area contributed by atoms with Gasteiger partial charge in [-0.1, -0.05) is 0 Å². The van der Waals surface area contributed by atoms with Crippen LogP contribution in [-0.4, -0.2) is 68.6 Å². The highest BCUT2D eigenvalue weighted by Gasteiger charge is 2.30. The molecule has 1 aliphatic rings. The summed E-state index contributed by atoms with van der Waals surface area (Å²) in [6.07, 6.45) is -0.754. The summed E-state index contributed by atoms with van der Waals surface area (Å²) in [5, 5.41) is 8.66. The van der Waals surface area contributed by atoms with Gasteiger partial charge in [-0.25, -0.2) is 8.42 Å². The van der Waals surface area contributed by atoms with Gasteiger partial charge in [-0.05, 0) is 6.92 Å². The maximum absolute atomic E-state index is 11.9. The molecule has 1 aliphatic heterocycles. The van der Waals surface area contributed by atoms with Crippen LogP contribution in [0.15, 0.2) is 0 Å². The fourth-order valence-electron chi connectivity index (χ4n) is 1.70. The Morgan fingerprint density at radius 3 is 2.89 bits per heavy atom. The van der Waals surface area contributed by atoms with Crippen molar-refractivity contribution >= 4 is 16.0 Å². The average molecular weight is 281 g/mol. The van der Waals surface area contributed by atoms with Crippen LogP contribution in [0.1, 0.15) is 13.3 Å². The lowest BCUT2D eigenvalue weighted by molar-refractivity contribution is -0.141. The molecule has 0 aliphatic carbocycles. The van der Waals surface area contributed by atoms with Gasteiger partial charge in [0.05, 0.1) is 31.5 Å². The first-order valence-corrected chi connectivity index (χ1v) is 7.45. The summed E-state index contributed by atoms with van der Waals surface area (Å²) in [7, 11) is -3.39. The van der Waals surface area contributed by atoms with Crippen LogP contribution in [0.3, 0.4) is 0 Å². The number of hydrogen-bond acceptors (Lipinski definition) is 5. The zero-order valence-corrected chi connectivity index (χ0v) is 11.2. The van der Waals surface area contributed by atoms with Gasteiger partial charge in [-0.2, -0.15) is 4.31 Å². The molecular formula is C10H19NO6S. The number of rotatable bonds is 7. The molecule has 1 fully saturated rings. The predicted molar refractivity (Wildman–Crippen MR) is 63.8 cm³/mol. The van der Waals surface area contributed by atoms with Gasteiger partial charge in [-0.15, -0.1) is 0 Å². The number of aliphatic carboxylic acids is 1. The van der Waals surface area contributed by atoms with Gasteiger partial charge in [0.1, 0.15) is 0 Å². The number of sulfonamides is 1. The van der Waals surface area contributed by atoms with Crippen molar-refractivity contribution in [3.63, 3.8) is 0 Å². The number of nitrogens with zero attached hydrogens (tertiary/aromatic N) is 1. The van der Waals surface area contributed by atoms with Gasteiger partial charge in [0.15, 0.2) is 0 Å². The second-order valence-electron chi connectivity index (χ2n) is 3.96. The lowest BCUT2D eigenvalue weighted by Gasteiger charge is -2.31. The summed E-state index contributed by atoms with van der Waals surface area (Å²) in [5.74, 6) is -1.07. The Hall–Kier alpha value is -0.700. The van der Waals surface area contributed by atoms with Gasteiger partial charge in [0.2, 0.25) is 10.0 Å². The first kappa shape index (κ1) is 15.4. The summed E-state index contributed by atoms with van der Waals surface area (Å²) in [6.45, 7) is 3.02. The number of carboxylic acids is 1. The molecule has 1 atom stereocenters. The Kier molecular flexibility index (Phi) is 6.00. The number of carboxylic acid groups (broad SMARTS) is 1. The Morgan fingerprint density at radius 2 is 2.28 bits per heavy atom. The number of ether oxygens (including phenoxy) is 2. The summed E-state index contributed by atoms with van der Waals surface area (Å²) in [5.41, 5.74) is 0. The van der Waals surface area contributed by atoms with Crippen LogP contribution in [0.25, 0.3) is 0 Å². The molecule has 0 amide bonds. The summed E-state index contributed by atoms with van der Waals surface area (Å²) in [4.78, 5) is 10.6.